The molecule has 0 atom stereocenters. The van der Waals surface area contributed by atoms with Crippen molar-refractivity contribution in [2.75, 3.05) is 0 Å². The van der Waals surface area contributed by atoms with E-state index in [0.717, 1.165) is 38.6 Å². The molecule has 5 rings (SSSR count). The first-order valence-corrected chi connectivity index (χ1v) is 9.19. The number of nitrogens with zero attached hydrogens (tertiary/aromatic N) is 1. The van der Waals surface area contributed by atoms with Gasteiger partial charge in [0.1, 0.15) is 0 Å². The van der Waals surface area contributed by atoms with Crippen molar-refractivity contribution < 1.29 is 4.11 Å². The summed E-state index contributed by atoms with van der Waals surface area (Å²) >= 11 is 3.46. The van der Waals surface area contributed by atoms with Crippen LogP contribution in [0.15, 0.2) is 101 Å². The second kappa shape index (κ2) is 6.15. The molecule has 0 bridgehead atoms. The number of hydrogen-bond acceptors (Lipinski definition) is 0. The average Bonchev–Trinajstić information content (AvgIpc) is 3.02. The molecule has 0 aliphatic carbocycles. The highest BCUT2D eigenvalue weighted by Gasteiger charge is 2.12. The van der Waals surface area contributed by atoms with Gasteiger partial charge in [0.2, 0.25) is 0 Å². The van der Waals surface area contributed by atoms with Crippen molar-refractivity contribution in [3.8, 4) is 16.8 Å². The molecule has 0 spiro atoms. The predicted octanol–water partition coefficient (Wildman–Crippen LogP) is 7.21. The highest BCUT2D eigenvalue weighted by molar-refractivity contribution is 9.10. The Morgan fingerprint density at radius 1 is 0.692 bits per heavy atom. The summed E-state index contributed by atoms with van der Waals surface area (Å²) in [6, 6.07) is 26.5. The zero-order valence-corrected chi connectivity index (χ0v) is 15.4. The van der Waals surface area contributed by atoms with E-state index in [1.54, 1.807) is 12.1 Å². The van der Waals surface area contributed by atoms with Crippen LogP contribution in [-0.4, -0.2) is 4.57 Å². The van der Waals surface area contributed by atoms with E-state index in [9.17, 15) is 0 Å². The lowest BCUT2D eigenvalue weighted by Gasteiger charge is -2.09. The van der Waals surface area contributed by atoms with E-state index in [1.165, 1.54) is 0 Å². The van der Waals surface area contributed by atoms with E-state index in [2.05, 4.69) is 56.9 Å². The zero-order valence-electron chi connectivity index (χ0n) is 16.8. The molecule has 0 saturated heterocycles. The Morgan fingerprint density at radius 3 is 2.19 bits per heavy atom. The predicted molar refractivity (Wildman–Crippen MR) is 114 cm³/mol. The number of rotatable bonds is 2. The number of halogens is 1. The minimum atomic E-state index is 0.188. The van der Waals surface area contributed by atoms with Crippen molar-refractivity contribution in [3.05, 3.63) is 101 Å². The maximum Gasteiger partial charge on any atom is 0.0635 e. The third kappa shape index (κ3) is 2.46. The highest BCUT2D eigenvalue weighted by Crippen LogP contribution is 2.34. The number of aromatic nitrogens is 1. The van der Waals surface area contributed by atoms with Gasteiger partial charge in [-0.05, 0) is 47.5 Å². The van der Waals surface area contributed by atoms with Gasteiger partial charge in [-0.2, -0.15) is 0 Å². The number of benzene rings is 4. The lowest BCUT2D eigenvalue weighted by Crippen LogP contribution is -1.93. The summed E-state index contributed by atoms with van der Waals surface area (Å²) < 4.78 is 27.2. The minimum Gasteiger partial charge on any atom is -0.309 e. The van der Waals surface area contributed by atoms with Crippen LogP contribution in [0.25, 0.3) is 38.6 Å². The number of hydrogen-bond donors (Lipinski definition) is 0. The minimum absolute atomic E-state index is 0.188. The van der Waals surface area contributed by atoms with E-state index in [-0.39, 0.29) is 12.1 Å². The van der Waals surface area contributed by atoms with Crippen LogP contribution in [0.5, 0.6) is 0 Å². The molecule has 0 aliphatic rings. The van der Waals surface area contributed by atoms with Crippen LogP contribution in [0.3, 0.4) is 0 Å². The maximum atomic E-state index is 8.23. The molecule has 5 aromatic rings. The topological polar surface area (TPSA) is 4.93 Å². The first kappa shape index (κ1) is 12.5. The van der Waals surface area contributed by atoms with Crippen molar-refractivity contribution in [1.29, 1.82) is 0 Å². The Bertz CT molecular complexity index is 1310. The van der Waals surface area contributed by atoms with Crippen molar-refractivity contribution in [1.82, 2.24) is 4.57 Å². The summed E-state index contributed by atoms with van der Waals surface area (Å²) in [4.78, 5) is 0. The molecule has 26 heavy (non-hydrogen) atoms. The fourth-order valence-corrected chi connectivity index (χ4v) is 3.82. The van der Waals surface area contributed by atoms with Gasteiger partial charge in [-0.15, -0.1) is 0 Å². The molecule has 0 saturated carbocycles. The number of para-hydroxylation sites is 1. The summed E-state index contributed by atoms with van der Waals surface area (Å²) in [5.41, 5.74) is 5.01. The molecule has 0 N–H and O–H groups in total. The fraction of sp³-hybridized carbons (Fsp3) is 0. The van der Waals surface area contributed by atoms with Gasteiger partial charge in [0, 0.05) is 20.9 Å². The fourth-order valence-electron chi connectivity index (χ4n) is 3.48. The van der Waals surface area contributed by atoms with E-state index < -0.39 is 0 Å². The van der Waals surface area contributed by atoms with Crippen LogP contribution in [0, 0.1) is 0 Å². The Balaban J connectivity index is 1.79. The van der Waals surface area contributed by atoms with Crippen molar-refractivity contribution >= 4 is 37.7 Å². The Hall–Kier alpha value is -2.84. The van der Waals surface area contributed by atoms with Crippen LogP contribution in [0.4, 0.5) is 0 Å². The summed E-state index contributed by atoms with van der Waals surface area (Å²) in [5.74, 6) is 0. The first-order valence-electron chi connectivity index (χ1n) is 9.90. The van der Waals surface area contributed by atoms with Crippen LogP contribution in [-0.2, 0) is 0 Å². The molecular formula is C24H16BrN. The first-order chi connectivity index (χ1) is 14.0. The average molecular weight is 401 g/mol. The van der Waals surface area contributed by atoms with Gasteiger partial charge >= 0.3 is 0 Å². The molecule has 0 aliphatic heterocycles. The molecule has 2 heteroatoms. The van der Waals surface area contributed by atoms with Crippen molar-refractivity contribution in [3.63, 3.8) is 0 Å². The summed E-state index contributed by atoms with van der Waals surface area (Å²) in [5, 5.41) is 1.87. The Labute approximate surface area is 164 Å². The van der Waals surface area contributed by atoms with Gasteiger partial charge in [-0.1, -0.05) is 76.5 Å². The molecular weight excluding hydrogens is 382 g/mol. The Kier molecular flexibility index (Phi) is 2.96. The molecule has 0 amide bonds. The lowest BCUT2D eigenvalue weighted by atomic mass is 10.1. The molecule has 0 fully saturated rings. The maximum absolute atomic E-state index is 8.23. The van der Waals surface area contributed by atoms with Crippen molar-refractivity contribution in [2.24, 2.45) is 0 Å². The van der Waals surface area contributed by atoms with Crippen LogP contribution in [0.2, 0.25) is 0 Å². The third-order valence-electron chi connectivity index (χ3n) is 4.68. The molecule has 1 nitrogen and oxygen atoms in total. The van der Waals surface area contributed by atoms with E-state index in [1.807, 2.05) is 30.3 Å². The van der Waals surface area contributed by atoms with E-state index >= 15 is 0 Å². The molecule has 4 aromatic carbocycles. The normalized spacial score (nSPS) is 12.9. The molecule has 0 radical (unpaired) electrons. The SMILES string of the molecule is [2H]c1cc2c3cc(Br)c([2H])cc3n(-c3ccc(-c4ccccc4)cc3)c2cc1[2H]. The quantitative estimate of drug-likeness (QED) is 0.294. The smallest absolute Gasteiger partial charge is 0.0635 e. The third-order valence-corrected chi connectivity index (χ3v) is 5.14. The van der Waals surface area contributed by atoms with Crippen LogP contribution < -0.4 is 0 Å². The van der Waals surface area contributed by atoms with Gasteiger partial charge in [-0.3, -0.25) is 0 Å². The van der Waals surface area contributed by atoms with Gasteiger partial charge in [0.25, 0.3) is 0 Å². The molecule has 1 aromatic heterocycles. The van der Waals surface area contributed by atoms with Crippen LogP contribution >= 0.6 is 15.9 Å². The van der Waals surface area contributed by atoms with Gasteiger partial charge in [0.15, 0.2) is 0 Å². The Morgan fingerprint density at radius 2 is 1.38 bits per heavy atom. The van der Waals surface area contributed by atoms with E-state index in [0.29, 0.717) is 10.5 Å². The standard InChI is InChI=1S/C24H16BrN/c25-19-12-15-24-22(16-19)21-8-4-5-9-23(21)26(24)20-13-10-18(11-14-20)17-6-2-1-3-7-17/h1-16H/i4D,5D,12D. The largest absolute Gasteiger partial charge is 0.309 e. The number of fused-ring (bicyclic) bond motifs is 3. The second-order valence-corrected chi connectivity index (χ2v) is 7.06. The summed E-state index contributed by atoms with van der Waals surface area (Å²) in [7, 11) is 0. The zero-order chi connectivity index (χ0) is 20.1. The van der Waals surface area contributed by atoms with Crippen LogP contribution in [0.1, 0.15) is 4.11 Å². The summed E-state index contributed by atoms with van der Waals surface area (Å²) in [6.07, 6.45) is 0. The van der Waals surface area contributed by atoms with Gasteiger partial charge in [0.05, 0.1) is 15.1 Å². The van der Waals surface area contributed by atoms with Crippen molar-refractivity contribution in [2.45, 2.75) is 0 Å². The molecule has 124 valence electrons. The van der Waals surface area contributed by atoms with Gasteiger partial charge < -0.3 is 4.57 Å². The highest BCUT2D eigenvalue weighted by atomic mass is 79.9. The monoisotopic (exact) mass is 400 g/mol. The lowest BCUT2D eigenvalue weighted by molar-refractivity contribution is 1.18. The summed E-state index contributed by atoms with van der Waals surface area (Å²) in [6.45, 7) is 0. The second-order valence-electron chi connectivity index (χ2n) is 6.20. The molecule has 0 unspecified atom stereocenters. The van der Waals surface area contributed by atoms with E-state index in [4.69, 9.17) is 4.11 Å². The van der Waals surface area contributed by atoms with Gasteiger partial charge in [-0.25, -0.2) is 0 Å². The molecule has 1 heterocycles.